The van der Waals surface area contributed by atoms with E-state index in [1.54, 1.807) is 45.0 Å². The number of nitrogens with two attached hydrogens (primary N) is 1. The SMILES string of the molecule is CCC(C)(C)N(C(=O)C(CC(N)=O)NC(=O)OC(C)(C)C)C(C(=O)Nc1c(C)cccc1Cl)c1ccc(C)cc1. The average Bonchev–Trinajstić information content (AvgIpc) is 2.83. The van der Waals surface area contributed by atoms with Gasteiger partial charge in [0.25, 0.3) is 5.91 Å². The Bertz CT molecular complexity index is 1220. The van der Waals surface area contributed by atoms with Crippen LogP contribution in [0.3, 0.4) is 0 Å². The first-order valence-electron chi connectivity index (χ1n) is 13.2. The molecule has 2 aromatic carbocycles. The van der Waals surface area contributed by atoms with Gasteiger partial charge in [-0.2, -0.15) is 0 Å². The summed E-state index contributed by atoms with van der Waals surface area (Å²) in [5.41, 5.74) is 6.42. The van der Waals surface area contributed by atoms with Gasteiger partial charge in [0.15, 0.2) is 0 Å². The van der Waals surface area contributed by atoms with E-state index >= 15 is 0 Å². The summed E-state index contributed by atoms with van der Waals surface area (Å²) in [7, 11) is 0. The number of halogens is 1. The summed E-state index contributed by atoms with van der Waals surface area (Å²) < 4.78 is 5.34. The first kappa shape index (κ1) is 32.6. The van der Waals surface area contributed by atoms with Gasteiger partial charge in [-0.25, -0.2) is 4.79 Å². The summed E-state index contributed by atoms with van der Waals surface area (Å²) in [5.74, 6) is -1.97. The number of hydrogen-bond acceptors (Lipinski definition) is 5. The van der Waals surface area contributed by atoms with Crippen molar-refractivity contribution in [2.75, 3.05) is 5.32 Å². The van der Waals surface area contributed by atoms with Crippen LogP contribution in [0.1, 0.15) is 77.1 Å². The lowest BCUT2D eigenvalue weighted by Gasteiger charge is -2.44. The van der Waals surface area contributed by atoms with Crippen molar-refractivity contribution in [3.63, 3.8) is 0 Å². The number of nitrogens with zero attached hydrogens (tertiary/aromatic N) is 1. The fourth-order valence-electron chi connectivity index (χ4n) is 4.11. The molecule has 218 valence electrons. The number of para-hydroxylation sites is 1. The summed E-state index contributed by atoms with van der Waals surface area (Å²) in [6.45, 7) is 14.3. The number of benzene rings is 2. The molecule has 0 aliphatic carbocycles. The van der Waals surface area contributed by atoms with Crippen LogP contribution in [0.25, 0.3) is 0 Å². The minimum Gasteiger partial charge on any atom is -0.444 e. The van der Waals surface area contributed by atoms with Crippen molar-refractivity contribution in [2.45, 2.75) is 91.5 Å². The third-order valence-electron chi connectivity index (χ3n) is 6.52. The molecule has 4 N–H and O–H groups in total. The predicted octanol–water partition coefficient (Wildman–Crippen LogP) is 5.42. The fraction of sp³-hybridized carbons (Fsp3) is 0.467. The maximum atomic E-state index is 14.3. The lowest BCUT2D eigenvalue weighted by molar-refractivity contribution is -0.148. The topological polar surface area (TPSA) is 131 Å². The van der Waals surface area contributed by atoms with Gasteiger partial charge in [-0.3, -0.25) is 14.4 Å². The van der Waals surface area contributed by atoms with Crippen molar-refractivity contribution >= 4 is 41.1 Å². The zero-order valence-electron chi connectivity index (χ0n) is 24.6. The third kappa shape index (κ3) is 8.71. The minimum atomic E-state index is -1.37. The van der Waals surface area contributed by atoms with Crippen molar-refractivity contribution in [3.05, 3.63) is 64.2 Å². The van der Waals surface area contributed by atoms with E-state index in [-0.39, 0.29) is 0 Å². The van der Waals surface area contributed by atoms with E-state index in [0.29, 0.717) is 22.7 Å². The number of carbonyl (C=O) groups is 4. The number of aryl methyl sites for hydroxylation is 2. The van der Waals surface area contributed by atoms with Gasteiger partial charge >= 0.3 is 6.09 Å². The number of alkyl carbamates (subject to hydrolysis) is 1. The summed E-state index contributed by atoms with van der Waals surface area (Å²) in [5, 5.41) is 5.75. The second-order valence-corrected chi connectivity index (χ2v) is 11.9. The second kappa shape index (κ2) is 13.2. The van der Waals surface area contributed by atoms with Gasteiger partial charge in [0.05, 0.1) is 17.1 Å². The number of carbonyl (C=O) groups excluding carboxylic acids is 4. The highest BCUT2D eigenvalue weighted by Gasteiger charge is 2.43. The lowest BCUT2D eigenvalue weighted by Crippen LogP contribution is -2.59. The standard InChI is InChI=1S/C30H41ClN4O5/c1-9-30(7,8)35(27(38)22(17-23(32)36)33-28(39)40-29(4,5)6)25(20-15-13-18(2)14-16-20)26(37)34-24-19(3)11-10-12-21(24)31/h10-16,22,25H,9,17H2,1-8H3,(H2,32,36)(H,33,39)(H,34,37). The Morgan fingerprint density at radius 3 is 2.10 bits per heavy atom. The van der Waals surface area contributed by atoms with E-state index in [9.17, 15) is 19.2 Å². The van der Waals surface area contributed by atoms with Gasteiger partial charge < -0.3 is 26.0 Å². The number of primary amides is 1. The van der Waals surface area contributed by atoms with Gasteiger partial charge in [0.1, 0.15) is 17.7 Å². The quantitative estimate of drug-likeness (QED) is 0.350. The van der Waals surface area contributed by atoms with Crippen LogP contribution in [-0.2, 0) is 19.1 Å². The average molecular weight is 573 g/mol. The summed E-state index contributed by atoms with van der Waals surface area (Å²) in [4.78, 5) is 54.5. The Morgan fingerprint density at radius 1 is 1.00 bits per heavy atom. The van der Waals surface area contributed by atoms with E-state index in [4.69, 9.17) is 22.1 Å². The number of hydrogen-bond donors (Lipinski definition) is 3. The van der Waals surface area contributed by atoms with E-state index in [1.165, 1.54) is 4.90 Å². The summed E-state index contributed by atoms with van der Waals surface area (Å²) >= 11 is 6.41. The van der Waals surface area contributed by atoms with Crippen LogP contribution in [0.15, 0.2) is 42.5 Å². The largest absolute Gasteiger partial charge is 0.444 e. The lowest BCUT2D eigenvalue weighted by atomic mass is 9.91. The number of nitrogens with one attached hydrogen (secondary N) is 2. The number of amides is 4. The second-order valence-electron chi connectivity index (χ2n) is 11.5. The van der Waals surface area contributed by atoms with Crippen LogP contribution in [0.5, 0.6) is 0 Å². The molecule has 0 aliphatic rings. The molecule has 9 nitrogen and oxygen atoms in total. The molecule has 0 aromatic heterocycles. The molecule has 2 aromatic rings. The normalized spacial score (nSPS) is 13.1. The highest BCUT2D eigenvalue weighted by Crippen LogP contribution is 2.35. The molecular formula is C30H41ClN4O5. The Morgan fingerprint density at radius 2 is 1.60 bits per heavy atom. The zero-order valence-corrected chi connectivity index (χ0v) is 25.3. The first-order valence-corrected chi connectivity index (χ1v) is 13.6. The van der Waals surface area contributed by atoms with Crippen LogP contribution in [0.2, 0.25) is 5.02 Å². The third-order valence-corrected chi connectivity index (χ3v) is 6.83. The molecule has 4 amide bonds. The van der Waals surface area contributed by atoms with Crippen LogP contribution in [0, 0.1) is 13.8 Å². The summed E-state index contributed by atoms with van der Waals surface area (Å²) in [6.07, 6.45) is -0.917. The van der Waals surface area contributed by atoms with Crippen molar-refractivity contribution in [3.8, 4) is 0 Å². The molecule has 2 unspecified atom stereocenters. The maximum absolute atomic E-state index is 14.3. The van der Waals surface area contributed by atoms with E-state index < -0.39 is 53.5 Å². The molecule has 0 heterocycles. The monoisotopic (exact) mass is 572 g/mol. The van der Waals surface area contributed by atoms with Gasteiger partial charge in [-0.15, -0.1) is 0 Å². The molecule has 0 fully saturated rings. The van der Waals surface area contributed by atoms with Crippen LogP contribution in [0.4, 0.5) is 10.5 Å². The van der Waals surface area contributed by atoms with E-state index in [1.807, 2.05) is 52.8 Å². The van der Waals surface area contributed by atoms with Crippen molar-refractivity contribution in [1.82, 2.24) is 10.2 Å². The molecule has 40 heavy (non-hydrogen) atoms. The van der Waals surface area contributed by atoms with Gasteiger partial charge in [-0.1, -0.05) is 60.5 Å². The Kier molecular flexibility index (Phi) is 10.7. The number of ether oxygens (including phenoxy) is 1. The van der Waals surface area contributed by atoms with Crippen molar-refractivity contribution < 1.29 is 23.9 Å². The smallest absolute Gasteiger partial charge is 0.408 e. The van der Waals surface area contributed by atoms with Gasteiger partial charge in [0, 0.05) is 5.54 Å². The fourth-order valence-corrected chi connectivity index (χ4v) is 4.38. The molecule has 2 rings (SSSR count). The van der Waals surface area contributed by atoms with Gasteiger partial charge in [0.2, 0.25) is 11.8 Å². The minimum absolute atomic E-state index is 0.349. The molecule has 10 heteroatoms. The molecule has 0 aliphatic heterocycles. The van der Waals surface area contributed by atoms with E-state index in [2.05, 4.69) is 10.6 Å². The molecule has 0 saturated carbocycles. The highest BCUT2D eigenvalue weighted by molar-refractivity contribution is 6.34. The summed E-state index contributed by atoms with van der Waals surface area (Å²) in [6, 6.07) is 9.97. The molecule has 0 spiro atoms. The number of anilines is 1. The van der Waals surface area contributed by atoms with Crippen molar-refractivity contribution in [2.24, 2.45) is 5.73 Å². The van der Waals surface area contributed by atoms with Crippen LogP contribution in [-0.4, -0.2) is 45.9 Å². The molecule has 2 atom stereocenters. The van der Waals surface area contributed by atoms with Crippen LogP contribution >= 0.6 is 11.6 Å². The van der Waals surface area contributed by atoms with Gasteiger partial charge in [-0.05, 0) is 72.1 Å². The predicted molar refractivity (Wildman–Crippen MR) is 157 cm³/mol. The Hall–Kier alpha value is -3.59. The zero-order chi connectivity index (χ0) is 30.4. The highest BCUT2D eigenvalue weighted by atomic mass is 35.5. The van der Waals surface area contributed by atoms with E-state index in [0.717, 1.165) is 11.1 Å². The number of rotatable bonds is 10. The van der Waals surface area contributed by atoms with Crippen LogP contribution < -0.4 is 16.4 Å². The molecule has 0 saturated heterocycles. The molecule has 0 radical (unpaired) electrons. The molecular weight excluding hydrogens is 532 g/mol. The van der Waals surface area contributed by atoms with Crippen molar-refractivity contribution in [1.29, 1.82) is 0 Å². The molecule has 0 bridgehead atoms. The Balaban J connectivity index is 2.68. The Labute approximate surface area is 241 Å². The maximum Gasteiger partial charge on any atom is 0.408 e. The first-order chi connectivity index (χ1) is 18.5.